The van der Waals surface area contributed by atoms with Gasteiger partial charge >= 0.3 is 0 Å². The van der Waals surface area contributed by atoms with Gasteiger partial charge in [-0.2, -0.15) is 0 Å². The predicted molar refractivity (Wildman–Crippen MR) is 90.9 cm³/mol. The molecule has 0 saturated heterocycles. The molecule has 3 rings (SSSR count). The summed E-state index contributed by atoms with van der Waals surface area (Å²) in [6, 6.07) is 15.4. The standard InChI is InChI=1S/C17H15ClN2OS/c1-19(12-15-8-9-16(18)22-15)17(21)13-4-6-14(7-5-13)20-10-2-3-11-20/h2-11H,12H2,1H3. The first-order valence-electron chi connectivity index (χ1n) is 6.86. The molecule has 0 aliphatic carbocycles. The lowest BCUT2D eigenvalue weighted by Gasteiger charge is -2.16. The molecule has 0 aliphatic rings. The van der Waals surface area contributed by atoms with Crippen molar-refractivity contribution in [3.63, 3.8) is 0 Å². The van der Waals surface area contributed by atoms with Gasteiger partial charge in [-0.25, -0.2) is 0 Å². The molecule has 3 aromatic rings. The Morgan fingerprint density at radius 1 is 1.14 bits per heavy atom. The highest BCUT2D eigenvalue weighted by Gasteiger charge is 2.13. The molecule has 0 bridgehead atoms. The van der Waals surface area contributed by atoms with Crippen molar-refractivity contribution in [2.75, 3.05) is 7.05 Å². The molecule has 0 radical (unpaired) electrons. The average Bonchev–Trinajstić information content (AvgIpc) is 3.18. The van der Waals surface area contributed by atoms with Crippen molar-refractivity contribution in [3.05, 3.63) is 75.7 Å². The first-order chi connectivity index (χ1) is 10.6. The lowest BCUT2D eigenvalue weighted by Crippen LogP contribution is -2.25. The molecule has 112 valence electrons. The predicted octanol–water partition coefficient (Wildman–Crippen LogP) is 4.46. The van der Waals surface area contributed by atoms with E-state index in [2.05, 4.69) is 0 Å². The highest BCUT2D eigenvalue weighted by Crippen LogP contribution is 2.23. The average molecular weight is 331 g/mol. The van der Waals surface area contributed by atoms with Crippen LogP contribution >= 0.6 is 22.9 Å². The topological polar surface area (TPSA) is 25.2 Å². The zero-order chi connectivity index (χ0) is 15.5. The maximum atomic E-state index is 12.4. The molecule has 0 spiro atoms. The van der Waals surface area contributed by atoms with Gasteiger partial charge in [0.05, 0.1) is 10.9 Å². The third-order valence-corrected chi connectivity index (χ3v) is 4.60. The second-order valence-electron chi connectivity index (χ2n) is 5.00. The van der Waals surface area contributed by atoms with Gasteiger partial charge in [0, 0.05) is 35.6 Å². The van der Waals surface area contributed by atoms with Crippen molar-refractivity contribution in [2.45, 2.75) is 6.54 Å². The van der Waals surface area contributed by atoms with Crippen LogP contribution in [0.2, 0.25) is 4.34 Å². The van der Waals surface area contributed by atoms with Crippen LogP contribution < -0.4 is 0 Å². The van der Waals surface area contributed by atoms with Crippen molar-refractivity contribution in [2.24, 2.45) is 0 Å². The summed E-state index contributed by atoms with van der Waals surface area (Å²) in [6.07, 6.45) is 3.95. The fraction of sp³-hybridized carbons (Fsp3) is 0.118. The third-order valence-electron chi connectivity index (χ3n) is 3.39. The van der Waals surface area contributed by atoms with E-state index < -0.39 is 0 Å². The number of amides is 1. The van der Waals surface area contributed by atoms with E-state index in [1.807, 2.05) is 65.5 Å². The summed E-state index contributed by atoms with van der Waals surface area (Å²) in [5.74, 6) is 0.00331. The van der Waals surface area contributed by atoms with Gasteiger partial charge in [-0.15, -0.1) is 11.3 Å². The normalized spacial score (nSPS) is 10.6. The molecular formula is C17H15ClN2OS. The fourth-order valence-electron chi connectivity index (χ4n) is 2.25. The van der Waals surface area contributed by atoms with Crippen LogP contribution in [0.4, 0.5) is 0 Å². The number of hydrogen-bond donors (Lipinski definition) is 0. The summed E-state index contributed by atoms with van der Waals surface area (Å²) in [5, 5.41) is 0. The van der Waals surface area contributed by atoms with E-state index in [-0.39, 0.29) is 5.91 Å². The molecule has 0 atom stereocenters. The molecule has 0 unspecified atom stereocenters. The van der Waals surface area contributed by atoms with Gasteiger partial charge in [0.25, 0.3) is 5.91 Å². The summed E-state index contributed by atoms with van der Waals surface area (Å²) in [7, 11) is 1.80. The summed E-state index contributed by atoms with van der Waals surface area (Å²) < 4.78 is 2.75. The largest absolute Gasteiger partial charge is 0.337 e. The summed E-state index contributed by atoms with van der Waals surface area (Å²) >= 11 is 7.42. The molecule has 1 aromatic carbocycles. The number of rotatable bonds is 4. The number of thiophene rings is 1. The van der Waals surface area contributed by atoms with Gasteiger partial charge in [0.2, 0.25) is 0 Å². The van der Waals surface area contributed by atoms with Gasteiger partial charge in [0.15, 0.2) is 0 Å². The lowest BCUT2D eigenvalue weighted by atomic mass is 10.2. The van der Waals surface area contributed by atoms with Crippen LogP contribution in [0, 0.1) is 0 Å². The second-order valence-corrected chi connectivity index (χ2v) is 6.80. The Labute approximate surface area is 138 Å². The summed E-state index contributed by atoms with van der Waals surface area (Å²) in [5.41, 5.74) is 1.72. The van der Waals surface area contributed by atoms with Gasteiger partial charge in [0.1, 0.15) is 0 Å². The number of carbonyl (C=O) groups is 1. The SMILES string of the molecule is CN(Cc1ccc(Cl)s1)C(=O)c1ccc(-n2cccc2)cc1. The number of hydrogen-bond acceptors (Lipinski definition) is 2. The third kappa shape index (κ3) is 3.24. The van der Waals surface area contributed by atoms with Crippen molar-refractivity contribution >= 4 is 28.8 Å². The molecule has 0 fully saturated rings. The Bertz CT molecular complexity index is 762. The molecule has 0 N–H and O–H groups in total. The van der Waals surface area contributed by atoms with E-state index in [0.717, 1.165) is 14.9 Å². The van der Waals surface area contributed by atoms with E-state index in [0.29, 0.717) is 12.1 Å². The Morgan fingerprint density at radius 3 is 2.41 bits per heavy atom. The summed E-state index contributed by atoms with van der Waals surface area (Å²) in [6.45, 7) is 0.565. The highest BCUT2D eigenvalue weighted by atomic mass is 35.5. The minimum Gasteiger partial charge on any atom is -0.337 e. The van der Waals surface area contributed by atoms with Gasteiger partial charge < -0.3 is 9.47 Å². The van der Waals surface area contributed by atoms with E-state index in [1.165, 1.54) is 11.3 Å². The number of halogens is 1. The molecule has 0 saturated carbocycles. The zero-order valence-corrected chi connectivity index (χ0v) is 13.6. The lowest BCUT2D eigenvalue weighted by molar-refractivity contribution is 0.0786. The first-order valence-corrected chi connectivity index (χ1v) is 8.06. The number of carbonyl (C=O) groups excluding carboxylic acids is 1. The van der Waals surface area contributed by atoms with Crippen LogP contribution in [0.3, 0.4) is 0 Å². The zero-order valence-electron chi connectivity index (χ0n) is 12.1. The highest BCUT2D eigenvalue weighted by molar-refractivity contribution is 7.16. The van der Waals surface area contributed by atoms with Crippen LogP contribution in [0.5, 0.6) is 0 Å². The minimum atomic E-state index is 0.00331. The van der Waals surface area contributed by atoms with Crippen LogP contribution in [0.1, 0.15) is 15.2 Å². The quantitative estimate of drug-likeness (QED) is 0.693. The molecule has 3 nitrogen and oxygen atoms in total. The van der Waals surface area contributed by atoms with Crippen LogP contribution in [-0.4, -0.2) is 22.4 Å². The molecule has 1 amide bonds. The second kappa shape index (κ2) is 6.38. The molecule has 0 aliphatic heterocycles. The van der Waals surface area contributed by atoms with Gasteiger partial charge in [-0.3, -0.25) is 4.79 Å². The van der Waals surface area contributed by atoms with Crippen LogP contribution in [-0.2, 0) is 6.54 Å². The van der Waals surface area contributed by atoms with Gasteiger partial charge in [-0.05, 0) is 48.5 Å². The molecule has 5 heteroatoms. The Morgan fingerprint density at radius 2 is 1.82 bits per heavy atom. The Kier molecular flexibility index (Phi) is 4.32. The molecule has 2 aromatic heterocycles. The smallest absolute Gasteiger partial charge is 0.253 e. The van der Waals surface area contributed by atoms with Crippen LogP contribution in [0.15, 0.2) is 60.9 Å². The van der Waals surface area contributed by atoms with E-state index in [1.54, 1.807) is 11.9 Å². The van der Waals surface area contributed by atoms with E-state index in [4.69, 9.17) is 11.6 Å². The van der Waals surface area contributed by atoms with Crippen molar-refractivity contribution in [1.82, 2.24) is 9.47 Å². The maximum Gasteiger partial charge on any atom is 0.253 e. The molecular weight excluding hydrogens is 316 g/mol. The molecule has 22 heavy (non-hydrogen) atoms. The maximum absolute atomic E-state index is 12.4. The van der Waals surface area contributed by atoms with Crippen molar-refractivity contribution < 1.29 is 4.79 Å². The number of aromatic nitrogens is 1. The first kappa shape index (κ1) is 14.9. The Balaban J connectivity index is 1.71. The van der Waals surface area contributed by atoms with E-state index in [9.17, 15) is 4.79 Å². The van der Waals surface area contributed by atoms with E-state index >= 15 is 0 Å². The fourth-order valence-corrected chi connectivity index (χ4v) is 3.39. The van der Waals surface area contributed by atoms with Gasteiger partial charge in [-0.1, -0.05) is 11.6 Å². The van der Waals surface area contributed by atoms with Crippen molar-refractivity contribution in [1.29, 1.82) is 0 Å². The monoisotopic (exact) mass is 330 g/mol. The van der Waals surface area contributed by atoms with Crippen molar-refractivity contribution in [3.8, 4) is 5.69 Å². The number of benzene rings is 1. The summed E-state index contributed by atoms with van der Waals surface area (Å²) in [4.78, 5) is 15.2. The minimum absolute atomic E-state index is 0.00331. The number of nitrogens with zero attached hydrogens (tertiary/aromatic N) is 2. The Hall–Kier alpha value is -2.04. The molecule has 2 heterocycles. The van der Waals surface area contributed by atoms with Crippen LogP contribution in [0.25, 0.3) is 5.69 Å².